The molecule has 6 nitrogen and oxygen atoms in total. The van der Waals surface area contributed by atoms with Gasteiger partial charge in [-0.15, -0.1) is 0 Å². The van der Waals surface area contributed by atoms with Gasteiger partial charge in [-0.25, -0.2) is 4.79 Å². The van der Waals surface area contributed by atoms with Crippen molar-refractivity contribution in [3.05, 3.63) is 138 Å². The summed E-state index contributed by atoms with van der Waals surface area (Å²) in [5, 5.41) is 9.33. The zero-order valence-corrected chi connectivity index (χ0v) is 21.8. The van der Waals surface area contributed by atoms with Gasteiger partial charge >= 0.3 is 6.09 Å². The molecule has 6 heteroatoms. The van der Waals surface area contributed by atoms with Crippen molar-refractivity contribution in [2.45, 2.75) is 44.0 Å². The minimum absolute atomic E-state index is 0.135. The number of amides is 2. The van der Waals surface area contributed by atoms with E-state index in [2.05, 4.69) is 52.3 Å². The summed E-state index contributed by atoms with van der Waals surface area (Å²) < 4.78 is 5.37. The average Bonchev–Trinajstić information content (AvgIpc) is 3.76. The van der Waals surface area contributed by atoms with Crippen LogP contribution >= 0.6 is 0 Å². The fourth-order valence-corrected chi connectivity index (χ4v) is 4.64. The van der Waals surface area contributed by atoms with Gasteiger partial charge in [0.15, 0.2) is 0 Å². The first-order valence-corrected chi connectivity index (χ1v) is 13.3. The highest BCUT2D eigenvalue weighted by molar-refractivity contribution is 5.96. The molecule has 5 rings (SSSR count). The molecule has 1 fully saturated rings. The Hall–Kier alpha value is -4.42. The minimum atomic E-state index is -0.787. The van der Waals surface area contributed by atoms with Gasteiger partial charge in [-0.1, -0.05) is 103 Å². The number of ether oxygens (including phenoxy) is 1. The molecule has 0 unspecified atom stereocenters. The molecule has 3 atom stereocenters. The summed E-state index contributed by atoms with van der Waals surface area (Å²) in [6.07, 6.45) is 0.822. The first-order valence-electron chi connectivity index (χ1n) is 13.3. The van der Waals surface area contributed by atoms with Crippen LogP contribution in [0.3, 0.4) is 0 Å². The molecule has 198 valence electrons. The average molecular weight is 520 g/mol. The molecule has 0 spiro atoms. The molecule has 4 aromatic rings. The second-order valence-corrected chi connectivity index (χ2v) is 9.87. The Bertz CT molecular complexity index is 1350. The smallest absolute Gasteiger partial charge is 0.408 e. The van der Waals surface area contributed by atoms with Crippen molar-refractivity contribution in [2.24, 2.45) is 0 Å². The molecule has 1 saturated carbocycles. The van der Waals surface area contributed by atoms with Gasteiger partial charge in [0.05, 0.1) is 0 Å². The van der Waals surface area contributed by atoms with Gasteiger partial charge in [-0.2, -0.15) is 0 Å². The van der Waals surface area contributed by atoms with Crippen LogP contribution in [-0.4, -0.2) is 24.1 Å². The molecule has 0 radical (unpaired) electrons. The van der Waals surface area contributed by atoms with Crippen LogP contribution in [0.25, 0.3) is 0 Å². The van der Waals surface area contributed by atoms with Crippen LogP contribution in [0.1, 0.15) is 34.6 Å². The molecule has 0 bridgehead atoms. The fraction of sp³-hybridized carbons (Fsp3) is 0.212. The van der Waals surface area contributed by atoms with Crippen molar-refractivity contribution in [3.63, 3.8) is 0 Å². The maximum Gasteiger partial charge on any atom is 0.408 e. The lowest BCUT2D eigenvalue weighted by Gasteiger charge is -2.19. The second kappa shape index (κ2) is 12.9. The Morgan fingerprint density at radius 2 is 1.33 bits per heavy atom. The van der Waals surface area contributed by atoms with Crippen molar-refractivity contribution in [3.8, 4) is 0 Å². The SMILES string of the molecule is O=C(N[C@H](Cc1ccccc1)C(=O)Nc1ccc([C@@H]2C[C@H]2NCc2ccccc2)cc1)OCc1ccccc1. The summed E-state index contributed by atoms with van der Waals surface area (Å²) in [6, 6.07) is 37.1. The molecule has 0 aromatic heterocycles. The topological polar surface area (TPSA) is 79.5 Å². The van der Waals surface area contributed by atoms with Crippen LogP contribution in [0.4, 0.5) is 10.5 Å². The van der Waals surface area contributed by atoms with Gasteiger partial charge in [0.2, 0.25) is 5.91 Å². The summed E-state index contributed by atoms with van der Waals surface area (Å²) in [6.45, 7) is 0.996. The monoisotopic (exact) mass is 519 g/mol. The standard InChI is InChI=1S/C33H33N3O3/c37-32(31(20-24-10-4-1-5-11-24)36-33(38)39-23-26-14-8-3-9-15-26)35-28-18-16-27(17-19-28)29-21-30(29)34-22-25-12-6-2-7-13-25/h1-19,29-31,34H,20-23H2,(H,35,37)(H,36,38)/t29-,30+,31+/m0/s1. The molecule has 0 heterocycles. The van der Waals surface area contributed by atoms with Gasteiger partial charge in [0, 0.05) is 30.6 Å². The molecule has 4 aromatic carbocycles. The van der Waals surface area contributed by atoms with Crippen molar-refractivity contribution in [2.75, 3.05) is 5.32 Å². The second-order valence-electron chi connectivity index (χ2n) is 9.87. The lowest BCUT2D eigenvalue weighted by Crippen LogP contribution is -2.45. The van der Waals surface area contributed by atoms with Gasteiger partial charge in [-0.3, -0.25) is 4.79 Å². The van der Waals surface area contributed by atoms with Crippen LogP contribution in [0.2, 0.25) is 0 Å². The maximum atomic E-state index is 13.2. The Morgan fingerprint density at radius 1 is 0.744 bits per heavy atom. The molecule has 1 aliphatic carbocycles. The highest BCUT2D eigenvalue weighted by Gasteiger charge is 2.37. The molecular weight excluding hydrogens is 486 g/mol. The van der Waals surface area contributed by atoms with E-state index in [0.29, 0.717) is 24.1 Å². The highest BCUT2D eigenvalue weighted by atomic mass is 16.5. The van der Waals surface area contributed by atoms with Crippen molar-refractivity contribution in [1.82, 2.24) is 10.6 Å². The Kier molecular flexibility index (Phi) is 8.66. The van der Waals surface area contributed by atoms with E-state index in [4.69, 9.17) is 4.74 Å². The minimum Gasteiger partial charge on any atom is -0.445 e. The zero-order chi connectivity index (χ0) is 26.9. The Morgan fingerprint density at radius 3 is 1.97 bits per heavy atom. The summed E-state index contributed by atoms with van der Waals surface area (Å²) >= 11 is 0. The van der Waals surface area contributed by atoms with E-state index in [1.54, 1.807) is 0 Å². The lowest BCUT2D eigenvalue weighted by atomic mass is 10.0. The van der Waals surface area contributed by atoms with Crippen LogP contribution < -0.4 is 16.0 Å². The number of nitrogens with one attached hydrogen (secondary N) is 3. The Balaban J connectivity index is 1.16. The number of carbonyl (C=O) groups excluding carboxylic acids is 2. The number of hydrogen-bond donors (Lipinski definition) is 3. The van der Waals surface area contributed by atoms with E-state index in [1.165, 1.54) is 11.1 Å². The van der Waals surface area contributed by atoms with Gasteiger partial charge in [0.25, 0.3) is 0 Å². The van der Waals surface area contributed by atoms with Crippen LogP contribution in [0, 0.1) is 0 Å². The predicted molar refractivity (Wildman–Crippen MR) is 153 cm³/mol. The molecule has 0 aliphatic heterocycles. The third-order valence-electron chi connectivity index (χ3n) is 6.91. The Labute approximate surface area is 229 Å². The highest BCUT2D eigenvalue weighted by Crippen LogP contribution is 2.41. The molecule has 39 heavy (non-hydrogen) atoms. The zero-order valence-electron chi connectivity index (χ0n) is 21.8. The first kappa shape index (κ1) is 26.2. The molecular formula is C33H33N3O3. The van der Waals surface area contributed by atoms with E-state index in [9.17, 15) is 9.59 Å². The largest absolute Gasteiger partial charge is 0.445 e. The number of carbonyl (C=O) groups is 2. The third kappa shape index (κ3) is 7.79. The number of alkyl carbamates (subject to hydrolysis) is 1. The molecule has 3 N–H and O–H groups in total. The fourth-order valence-electron chi connectivity index (χ4n) is 4.64. The molecule has 1 aliphatic rings. The normalized spacial score (nSPS) is 16.6. The van der Waals surface area contributed by atoms with Gasteiger partial charge < -0.3 is 20.7 Å². The quantitative estimate of drug-likeness (QED) is 0.234. The maximum absolute atomic E-state index is 13.2. The third-order valence-corrected chi connectivity index (χ3v) is 6.91. The van der Waals surface area contributed by atoms with E-state index in [1.807, 2.05) is 78.9 Å². The van der Waals surface area contributed by atoms with E-state index < -0.39 is 12.1 Å². The van der Waals surface area contributed by atoms with E-state index in [-0.39, 0.29) is 12.5 Å². The van der Waals surface area contributed by atoms with E-state index in [0.717, 1.165) is 24.1 Å². The molecule has 0 saturated heterocycles. The summed E-state index contributed by atoms with van der Waals surface area (Å²) in [4.78, 5) is 25.8. The van der Waals surface area contributed by atoms with Crippen LogP contribution in [0.15, 0.2) is 115 Å². The lowest BCUT2D eigenvalue weighted by molar-refractivity contribution is -0.118. The first-order chi connectivity index (χ1) is 19.1. The van der Waals surface area contributed by atoms with Gasteiger partial charge in [-0.05, 0) is 40.8 Å². The predicted octanol–water partition coefficient (Wildman–Crippen LogP) is 5.81. The van der Waals surface area contributed by atoms with Gasteiger partial charge in [0.1, 0.15) is 12.6 Å². The number of hydrogen-bond acceptors (Lipinski definition) is 4. The summed E-state index contributed by atoms with van der Waals surface area (Å²) in [5.74, 6) is 0.183. The number of anilines is 1. The number of rotatable bonds is 11. The van der Waals surface area contributed by atoms with Crippen molar-refractivity contribution < 1.29 is 14.3 Å². The summed E-state index contributed by atoms with van der Waals surface area (Å²) in [7, 11) is 0. The van der Waals surface area contributed by atoms with Crippen LogP contribution in [0.5, 0.6) is 0 Å². The summed E-state index contributed by atoms with van der Waals surface area (Å²) in [5.41, 5.74) is 5.05. The van der Waals surface area contributed by atoms with Crippen LogP contribution in [-0.2, 0) is 29.1 Å². The van der Waals surface area contributed by atoms with Crippen molar-refractivity contribution >= 4 is 17.7 Å². The van der Waals surface area contributed by atoms with Crippen molar-refractivity contribution in [1.29, 1.82) is 0 Å². The number of benzene rings is 4. The molecule has 2 amide bonds. The van der Waals surface area contributed by atoms with E-state index >= 15 is 0 Å².